The number of para-hydroxylation sites is 1. The van der Waals surface area contributed by atoms with Gasteiger partial charge in [0.2, 0.25) is 0 Å². The van der Waals surface area contributed by atoms with Gasteiger partial charge in [0.15, 0.2) is 6.61 Å². The molecule has 3 aromatic rings. The zero-order valence-corrected chi connectivity index (χ0v) is 19.5. The highest BCUT2D eigenvalue weighted by Gasteiger charge is 2.37. The van der Waals surface area contributed by atoms with Gasteiger partial charge in [-0.05, 0) is 60.9 Å². The van der Waals surface area contributed by atoms with Crippen LogP contribution in [0.4, 0.5) is 5.69 Å². The number of methoxy groups -OCH3 is 1. The molecule has 180 valence electrons. The molecule has 0 radical (unpaired) electrons. The summed E-state index contributed by atoms with van der Waals surface area (Å²) in [5.41, 5.74) is 1.54. The molecule has 0 saturated carbocycles. The number of rotatable bonds is 6. The van der Waals surface area contributed by atoms with Gasteiger partial charge in [-0.3, -0.25) is 14.4 Å². The maximum Gasteiger partial charge on any atom is 0.274 e. The molecule has 2 aromatic carbocycles. The van der Waals surface area contributed by atoms with Crippen LogP contribution in [0.2, 0.25) is 0 Å². The van der Waals surface area contributed by atoms with Crippen molar-refractivity contribution in [2.75, 3.05) is 32.1 Å². The molecule has 2 aliphatic heterocycles. The Morgan fingerprint density at radius 1 is 0.943 bits per heavy atom. The molecule has 3 heterocycles. The molecule has 0 aliphatic carbocycles. The summed E-state index contributed by atoms with van der Waals surface area (Å²) in [6.07, 6.45) is 0.933. The molecule has 2 amide bonds. The summed E-state index contributed by atoms with van der Waals surface area (Å²) in [6, 6.07) is 19.7. The van der Waals surface area contributed by atoms with E-state index in [0.29, 0.717) is 36.7 Å². The smallest absolute Gasteiger partial charge is 0.274 e. The van der Waals surface area contributed by atoms with E-state index in [-0.39, 0.29) is 35.6 Å². The summed E-state index contributed by atoms with van der Waals surface area (Å²) in [4.78, 5) is 40.5. The summed E-state index contributed by atoms with van der Waals surface area (Å²) < 4.78 is 12.4. The topological polar surface area (TPSA) is 89.9 Å². The Labute approximate surface area is 203 Å². The fraction of sp³-hybridized carbons (Fsp3) is 0.296. The number of likely N-dealkylation sites (tertiary alicyclic amines) is 1. The number of nitrogens with zero attached hydrogens (tertiary/aromatic N) is 2. The second-order valence-electron chi connectivity index (χ2n) is 8.97. The van der Waals surface area contributed by atoms with Crippen LogP contribution in [0.1, 0.15) is 28.4 Å². The highest BCUT2D eigenvalue weighted by Crippen LogP contribution is 2.36. The number of fused-ring (bicyclic) bond motifs is 4. The Morgan fingerprint density at radius 3 is 2.46 bits per heavy atom. The summed E-state index contributed by atoms with van der Waals surface area (Å²) in [7, 11) is 1.59. The number of amides is 2. The molecule has 1 N–H and O–H groups in total. The Bertz CT molecular complexity index is 1290. The van der Waals surface area contributed by atoms with Crippen LogP contribution in [0.15, 0.2) is 71.5 Å². The van der Waals surface area contributed by atoms with Crippen molar-refractivity contribution in [1.82, 2.24) is 9.47 Å². The number of anilines is 1. The zero-order chi connectivity index (χ0) is 24.4. The fourth-order valence-electron chi connectivity index (χ4n) is 4.97. The number of hydrogen-bond acceptors (Lipinski definition) is 5. The molecule has 1 saturated heterocycles. The first kappa shape index (κ1) is 22.7. The number of carbonyl (C=O) groups excluding carboxylic acids is 2. The van der Waals surface area contributed by atoms with Crippen LogP contribution in [-0.2, 0) is 11.3 Å². The Balaban J connectivity index is 1.28. The molecule has 2 unspecified atom stereocenters. The normalized spacial score (nSPS) is 18.4. The van der Waals surface area contributed by atoms with E-state index >= 15 is 0 Å². The minimum atomic E-state index is -0.390. The van der Waals surface area contributed by atoms with E-state index in [2.05, 4.69) is 5.32 Å². The van der Waals surface area contributed by atoms with Crippen LogP contribution < -0.4 is 20.3 Å². The Morgan fingerprint density at radius 2 is 1.71 bits per heavy atom. The minimum Gasteiger partial charge on any atom is -0.497 e. The van der Waals surface area contributed by atoms with E-state index in [1.807, 2.05) is 29.2 Å². The van der Waals surface area contributed by atoms with Gasteiger partial charge in [0.25, 0.3) is 17.4 Å². The number of pyridine rings is 1. The molecule has 0 spiro atoms. The number of hydrogen-bond donors (Lipinski definition) is 1. The average Bonchev–Trinajstić information content (AvgIpc) is 2.89. The zero-order valence-electron chi connectivity index (χ0n) is 19.5. The number of ether oxygens (including phenoxy) is 2. The first-order valence-corrected chi connectivity index (χ1v) is 11.7. The van der Waals surface area contributed by atoms with Crippen LogP contribution in [0.25, 0.3) is 0 Å². The van der Waals surface area contributed by atoms with Gasteiger partial charge in [0.05, 0.1) is 7.11 Å². The highest BCUT2D eigenvalue weighted by atomic mass is 16.5. The molecule has 1 fully saturated rings. The largest absolute Gasteiger partial charge is 0.497 e. The number of carbonyl (C=O) groups is 2. The third kappa shape index (κ3) is 4.77. The third-order valence-electron chi connectivity index (χ3n) is 6.62. The first-order valence-electron chi connectivity index (χ1n) is 11.7. The minimum absolute atomic E-state index is 0.0135. The van der Waals surface area contributed by atoms with Gasteiger partial charge in [-0.1, -0.05) is 18.2 Å². The van der Waals surface area contributed by atoms with Gasteiger partial charge in [0, 0.05) is 36.8 Å². The lowest BCUT2D eigenvalue weighted by molar-refractivity contribution is -0.118. The van der Waals surface area contributed by atoms with Crippen molar-refractivity contribution in [3.8, 4) is 11.5 Å². The summed E-state index contributed by atoms with van der Waals surface area (Å²) in [5, 5.41) is 2.68. The third-order valence-corrected chi connectivity index (χ3v) is 6.62. The van der Waals surface area contributed by atoms with E-state index < -0.39 is 5.91 Å². The van der Waals surface area contributed by atoms with Crippen LogP contribution in [-0.4, -0.2) is 48.1 Å². The molecule has 35 heavy (non-hydrogen) atoms. The van der Waals surface area contributed by atoms with Crippen molar-refractivity contribution in [3.63, 3.8) is 0 Å². The van der Waals surface area contributed by atoms with Crippen molar-refractivity contribution in [1.29, 1.82) is 0 Å². The number of piperidine rings is 1. The Kier molecular flexibility index (Phi) is 6.27. The predicted molar refractivity (Wildman–Crippen MR) is 131 cm³/mol. The molecular weight excluding hydrogens is 446 g/mol. The van der Waals surface area contributed by atoms with Crippen molar-refractivity contribution in [3.05, 3.63) is 88.3 Å². The van der Waals surface area contributed by atoms with E-state index in [1.54, 1.807) is 54.1 Å². The SMILES string of the molecule is COc1ccc(C(=O)N2CC3CC(C2)c2ccc(NC(=O)COc4ccccc4)c(=O)n2C3)cc1. The molecule has 1 aromatic heterocycles. The standard InChI is InChI=1S/C27H27N3O5/c1-34-21-9-7-19(8-10-21)26(32)29-14-18-13-20(16-29)24-12-11-23(27(33)30(24)15-18)28-25(31)17-35-22-5-3-2-4-6-22/h2-12,18,20H,13-17H2,1H3,(H,28,31). The maximum atomic E-state index is 13.2. The van der Waals surface area contributed by atoms with Gasteiger partial charge in [0.1, 0.15) is 17.2 Å². The molecule has 2 atom stereocenters. The highest BCUT2D eigenvalue weighted by molar-refractivity contribution is 5.94. The van der Waals surface area contributed by atoms with Crippen molar-refractivity contribution < 1.29 is 19.1 Å². The Hall–Kier alpha value is -4.07. The molecule has 8 heteroatoms. The fourth-order valence-corrected chi connectivity index (χ4v) is 4.97. The number of nitrogens with one attached hydrogen (secondary N) is 1. The van der Waals surface area contributed by atoms with Gasteiger partial charge in [-0.15, -0.1) is 0 Å². The average molecular weight is 474 g/mol. The maximum absolute atomic E-state index is 13.2. The van der Waals surface area contributed by atoms with Gasteiger partial charge >= 0.3 is 0 Å². The van der Waals surface area contributed by atoms with Crippen molar-refractivity contribution >= 4 is 17.5 Å². The number of aromatic nitrogens is 1. The van der Waals surface area contributed by atoms with Crippen LogP contribution >= 0.6 is 0 Å². The molecule has 8 nitrogen and oxygen atoms in total. The van der Waals surface area contributed by atoms with Crippen molar-refractivity contribution in [2.45, 2.75) is 18.9 Å². The molecule has 5 rings (SSSR count). The monoisotopic (exact) mass is 473 g/mol. The van der Waals surface area contributed by atoms with E-state index in [9.17, 15) is 14.4 Å². The second-order valence-corrected chi connectivity index (χ2v) is 8.97. The summed E-state index contributed by atoms with van der Waals surface area (Å²) in [5.74, 6) is 1.14. The molecule has 2 bridgehead atoms. The quantitative estimate of drug-likeness (QED) is 0.594. The van der Waals surface area contributed by atoms with Crippen LogP contribution in [0.3, 0.4) is 0 Å². The van der Waals surface area contributed by atoms with E-state index in [1.165, 1.54) is 0 Å². The summed E-state index contributed by atoms with van der Waals surface area (Å²) in [6.45, 7) is 1.48. The van der Waals surface area contributed by atoms with Gasteiger partial charge in [-0.2, -0.15) is 0 Å². The molecule has 2 aliphatic rings. The van der Waals surface area contributed by atoms with Crippen molar-refractivity contribution in [2.24, 2.45) is 5.92 Å². The van der Waals surface area contributed by atoms with Crippen LogP contribution in [0, 0.1) is 5.92 Å². The van der Waals surface area contributed by atoms with Crippen LogP contribution in [0.5, 0.6) is 11.5 Å². The first-order chi connectivity index (χ1) is 17.0. The van der Waals surface area contributed by atoms with Gasteiger partial charge < -0.3 is 24.3 Å². The van der Waals surface area contributed by atoms with E-state index in [0.717, 1.165) is 12.1 Å². The molecular formula is C27H27N3O5. The summed E-state index contributed by atoms with van der Waals surface area (Å²) >= 11 is 0. The predicted octanol–water partition coefficient (Wildman–Crippen LogP) is 3.13. The lowest BCUT2D eigenvalue weighted by atomic mass is 9.83. The second kappa shape index (κ2) is 9.66. The van der Waals surface area contributed by atoms with E-state index in [4.69, 9.17) is 9.47 Å². The van der Waals surface area contributed by atoms with Gasteiger partial charge in [-0.25, -0.2) is 0 Å². The number of benzene rings is 2. The lowest BCUT2D eigenvalue weighted by Crippen LogP contribution is -2.49. The lowest BCUT2D eigenvalue weighted by Gasteiger charge is -2.43.